The van der Waals surface area contributed by atoms with Gasteiger partial charge < -0.3 is 20.1 Å². The zero-order chi connectivity index (χ0) is 15.3. The first-order valence-corrected chi connectivity index (χ1v) is 5.50. The van der Waals surface area contributed by atoms with E-state index in [1.165, 1.54) is 18.3 Å². The Kier molecular flexibility index (Phi) is 5.18. The van der Waals surface area contributed by atoms with Gasteiger partial charge in [-0.1, -0.05) is 0 Å². The third-order valence-electron chi connectivity index (χ3n) is 2.38. The lowest BCUT2D eigenvalue weighted by Gasteiger charge is -2.14. The summed E-state index contributed by atoms with van der Waals surface area (Å²) in [5, 5.41) is 19.3. The normalized spacial score (nSPS) is 12.2. The Labute approximate surface area is 111 Å². The van der Waals surface area contributed by atoms with Gasteiger partial charge in [0.05, 0.1) is 13.0 Å². The number of hydrogen-bond acceptors (Lipinski definition) is 3. The predicted octanol–water partition coefficient (Wildman–Crippen LogP) is 0.411. The fraction of sp³-hybridized carbons (Fsp3) is 0.364. The molecule has 20 heavy (non-hydrogen) atoms. The Morgan fingerprint density at radius 2 is 1.95 bits per heavy atom. The minimum absolute atomic E-state index is 0.165. The lowest BCUT2D eigenvalue weighted by atomic mass is 10.2. The third kappa shape index (κ3) is 4.34. The van der Waals surface area contributed by atoms with Crippen molar-refractivity contribution in [2.75, 3.05) is 0 Å². The largest absolute Gasteiger partial charge is 0.481 e. The van der Waals surface area contributed by atoms with Gasteiger partial charge in [-0.2, -0.15) is 0 Å². The topological polar surface area (TPSA) is 109 Å². The Hall–Kier alpha value is -2.45. The molecule has 0 unspecified atom stereocenters. The van der Waals surface area contributed by atoms with Crippen molar-refractivity contribution in [1.82, 2.24) is 9.88 Å². The average molecular weight is 290 g/mol. The average Bonchev–Trinajstić information content (AvgIpc) is 2.74. The van der Waals surface area contributed by atoms with Gasteiger partial charge >= 0.3 is 11.9 Å². The van der Waals surface area contributed by atoms with E-state index < -0.39 is 43.3 Å². The van der Waals surface area contributed by atoms with Crippen LogP contribution in [0.1, 0.15) is 16.9 Å². The Morgan fingerprint density at radius 3 is 2.45 bits per heavy atom. The summed E-state index contributed by atoms with van der Waals surface area (Å²) < 4.78 is 25.5. The molecule has 7 nitrogen and oxygen atoms in total. The van der Waals surface area contributed by atoms with Gasteiger partial charge in [0.1, 0.15) is 11.7 Å². The number of hydrogen-bond donors (Lipinski definition) is 3. The number of carboxylic acid groups (broad SMARTS) is 2. The molecule has 0 saturated heterocycles. The highest BCUT2D eigenvalue weighted by atomic mass is 19.3. The summed E-state index contributed by atoms with van der Waals surface area (Å²) in [5.41, 5.74) is -0.165. The number of rotatable bonds is 7. The minimum Gasteiger partial charge on any atom is -0.481 e. The van der Waals surface area contributed by atoms with E-state index in [9.17, 15) is 23.2 Å². The van der Waals surface area contributed by atoms with E-state index in [0.717, 1.165) is 4.57 Å². The maximum Gasteiger partial charge on any atom is 0.326 e. The van der Waals surface area contributed by atoms with Crippen LogP contribution in [0.3, 0.4) is 0 Å². The number of amides is 1. The van der Waals surface area contributed by atoms with Gasteiger partial charge in [0, 0.05) is 6.20 Å². The molecule has 3 N–H and O–H groups in total. The van der Waals surface area contributed by atoms with Crippen molar-refractivity contribution >= 4 is 17.8 Å². The van der Waals surface area contributed by atoms with Gasteiger partial charge in [0.15, 0.2) is 0 Å². The van der Waals surface area contributed by atoms with Gasteiger partial charge in [0.2, 0.25) is 0 Å². The quantitative estimate of drug-likeness (QED) is 0.674. The van der Waals surface area contributed by atoms with Gasteiger partial charge in [-0.05, 0) is 12.1 Å². The van der Waals surface area contributed by atoms with Crippen molar-refractivity contribution in [2.24, 2.45) is 0 Å². The van der Waals surface area contributed by atoms with Gasteiger partial charge in [-0.3, -0.25) is 9.59 Å². The lowest BCUT2D eigenvalue weighted by molar-refractivity contribution is -0.145. The molecule has 0 saturated carbocycles. The van der Waals surface area contributed by atoms with Crippen molar-refractivity contribution in [2.45, 2.75) is 25.4 Å². The van der Waals surface area contributed by atoms with Gasteiger partial charge in [-0.15, -0.1) is 0 Å². The van der Waals surface area contributed by atoms with Crippen LogP contribution < -0.4 is 5.32 Å². The SMILES string of the molecule is O=C(O)C[C@@H](NC(=O)c1cccn1CC(F)F)C(=O)O. The molecule has 0 bridgehead atoms. The van der Waals surface area contributed by atoms with Gasteiger partial charge in [0.25, 0.3) is 12.3 Å². The van der Waals surface area contributed by atoms with E-state index >= 15 is 0 Å². The maximum atomic E-state index is 12.3. The second-order valence-electron chi connectivity index (χ2n) is 3.90. The van der Waals surface area contributed by atoms with E-state index in [4.69, 9.17) is 10.2 Å². The minimum atomic E-state index is -2.68. The van der Waals surface area contributed by atoms with Crippen molar-refractivity contribution in [3.05, 3.63) is 24.0 Å². The van der Waals surface area contributed by atoms with E-state index in [1.54, 1.807) is 0 Å². The monoisotopic (exact) mass is 290 g/mol. The van der Waals surface area contributed by atoms with Crippen LogP contribution in [0.25, 0.3) is 0 Å². The van der Waals surface area contributed by atoms with Crippen LogP contribution in [-0.4, -0.2) is 45.1 Å². The smallest absolute Gasteiger partial charge is 0.326 e. The number of alkyl halides is 2. The molecule has 0 spiro atoms. The molecule has 1 rings (SSSR count). The summed E-state index contributed by atoms with van der Waals surface area (Å²) in [7, 11) is 0. The third-order valence-corrected chi connectivity index (χ3v) is 2.38. The van der Waals surface area contributed by atoms with Crippen molar-refractivity contribution in [3.63, 3.8) is 0 Å². The number of nitrogens with one attached hydrogen (secondary N) is 1. The highest BCUT2D eigenvalue weighted by Gasteiger charge is 2.25. The number of nitrogens with zero attached hydrogens (tertiary/aromatic N) is 1. The van der Waals surface area contributed by atoms with E-state index in [0.29, 0.717) is 0 Å². The molecule has 1 amide bonds. The second kappa shape index (κ2) is 6.64. The van der Waals surface area contributed by atoms with Crippen LogP contribution in [0, 0.1) is 0 Å². The number of carbonyl (C=O) groups excluding carboxylic acids is 1. The highest BCUT2D eigenvalue weighted by Crippen LogP contribution is 2.07. The van der Waals surface area contributed by atoms with Crippen LogP contribution in [0.4, 0.5) is 8.78 Å². The van der Waals surface area contributed by atoms with Crippen LogP contribution in [0.5, 0.6) is 0 Å². The molecular formula is C11H12F2N2O5. The van der Waals surface area contributed by atoms with Crippen LogP contribution in [0.15, 0.2) is 18.3 Å². The zero-order valence-corrected chi connectivity index (χ0v) is 10.1. The standard InChI is InChI=1S/C11H12F2N2O5/c12-8(13)5-15-3-1-2-7(15)10(18)14-6(11(19)20)4-9(16)17/h1-3,6,8H,4-5H2,(H,14,18)(H,16,17)(H,19,20)/t6-/m1/s1. The van der Waals surface area contributed by atoms with Crippen molar-refractivity contribution < 1.29 is 33.4 Å². The molecule has 0 aromatic carbocycles. The number of carbonyl (C=O) groups is 3. The summed E-state index contributed by atoms with van der Waals surface area (Å²) >= 11 is 0. The van der Waals surface area contributed by atoms with Crippen molar-refractivity contribution in [3.8, 4) is 0 Å². The Bertz CT molecular complexity index is 515. The molecule has 1 aromatic heterocycles. The highest BCUT2D eigenvalue weighted by molar-refractivity contribution is 5.96. The molecule has 1 aromatic rings. The predicted molar refractivity (Wildman–Crippen MR) is 61.6 cm³/mol. The first-order valence-electron chi connectivity index (χ1n) is 5.50. The fourth-order valence-electron chi connectivity index (χ4n) is 1.54. The molecule has 0 aliphatic heterocycles. The van der Waals surface area contributed by atoms with Crippen molar-refractivity contribution in [1.29, 1.82) is 0 Å². The molecule has 1 atom stereocenters. The molecule has 110 valence electrons. The molecule has 9 heteroatoms. The van der Waals surface area contributed by atoms with E-state index in [1.807, 2.05) is 5.32 Å². The molecular weight excluding hydrogens is 278 g/mol. The maximum absolute atomic E-state index is 12.3. The summed E-state index contributed by atoms with van der Waals surface area (Å²) in [4.78, 5) is 33.0. The summed E-state index contributed by atoms with van der Waals surface area (Å²) in [6, 6.07) is 0.955. The fourth-order valence-corrected chi connectivity index (χ4v) is 1.54. The molecule has 0 aliphatic rings. The molecule has 0 fully saturated rings. The van der Waals surface area contributed by atoms with E-state index in [2.05, 4.69) is 0 Å². The molecule has 0 radical (unpaired) electrons. The summed E-state index contributed by atoms with van der Waals surface area (Å²) in [5.74, 6) is -3.85. The Balaban J connectivity index is 2.81. The Morgan fingerprint density at radius 1 is 1.30 bits per heavy atom. The number of halogens is 2. The number of carboxylic acids is 2. The first-order chi connectivity index (χ1) is 9.31. The summed E-state index contributed by atoms with van der Waals surface area (Å²) in [6.45, 7) is -0.716. The second-order valence-corrected chi connectivity index (χ2v) is 3.90. The van der Waals surface area contributed by atoms with Crippen LogP contribution in [0.2, 0.25) is 0 Å². The number of aromatic nitrogens is 1. The molecule has 1 heterocycles. The zero-order valence-electron chi connectivity index (χ0n) is 10.1. The first kappa shape index (κ1) is 15.6. The summed E-state index contributed by atoms with van der Waals surface area (Å²) in [6.07, 6.45) is -2.24. The lowest BCUT2D eigenvalue weighted by Crippen LogP contribution is -2.42. The number of aliphatic carboxylic acids is 2. The van der Waals surface area contributed by atoms with E-state index in [-0.39, 0.29) is 5.69 Å². The molecule has 0 aliphatic carbocycles. The van der Waals surface area contributed by atoms with Gasteiger partial charge in [-0.25, -0.2) is 13.6 Å². The van der Waals surface area contributed by atoms with Crippen LogP contribution >= 0.6 is 0 Å². The van der Waals surface area contributed by atoms with Crippen LogP contribution in [-0.2, 0) is 16.1 Å².